The summed E-state index contributed by atoms with van der Waals surface area (Å²) < 4.78 is 0. The Balaban J connectivity index is 1.64. The third-order valence-electron chi connectivity index (χ3n) is 5.20. The molecule has 1 amide bonds. The van der Waals surface area contributed by atoms with Gasteiger partial charge in [-0.05, 0) is 47.7 Å². The molecule has 4 aromatic rings. The number of benzene rings is 2. The van der Waals surface area contributed by atoms with Crippen LogP contribution in [-0.4, -0.2) is 20.9 Å². The summed E-state index contributed by atoms with van der Waals surface area (Å²) in [4.78, 5) is 24.6. The second-order valence-electron chi connectivity index (χ2n) is 8.22. The van der Waals surface area contributed by atoms with E-state index in [0.717, 1.165) is 33.5 Å². The molecule has 5 heteroatoms. The maximum Gasteiger partial charge on any atom is 0.255 e. The Morgan fingerprint density at radius 2 is 1.76 bits per heavy atom. The summed E-state index contributed by atoms with van der Waals surface area (Å²) in [7, 11) is 0. The van der Waals surface area contributed by atoms with Crippen LogP contribution < -0.4 is 5.32 Å². The second kappa shape index (κ2) is 7.17. The molecule has 0 saturated heterocycles. The zero-order valence-corrected chi connectivity index (χ0v) is 17.1. The minimum absolute atomic E-state index is 0.0566. The van der Waals surface area contributed by atoms with Gasteiger partial charge in [-0.3, -0.25) is 4.79 Å². The second-order valence-corrected chi connectivity index (χ2v) is 8.22. The van der Waals surface area contributed by atoms with Crippen molar-refractivity contribution in [2.75, 3.05) is 5.32 Å². The van der Waals surface area contributed by atoms with Gasteiger partial charge in [-0.2, -0.15) is 0 Å². The van der Waals surface area contributed by atoms with Gasteiger partial charge < -0.3 is 10.3 Å². The number of hydrogen-bond donors (Lipinski definition) is 2. The van der Waals surface area contributed by atoms with Crippen molar-refractivity contribution >= 4 is 22.6 Å². The summed E-state index contributed by atoms with van der Waals surface area (Å²) in [6, 6.07) is 15.6. The van der Waals surface area contributed by atoms with Crippen LogP contribution in [-0.2, 0) is 5.41 Å². The predicted molar refractivity (Wildman–Crippen MR) is 117 cm³/mol. The number of rotatable bonds is 3. The van der Waals surface area contributed by atoms with Gasteiger partial charge in [-0.15, -0.1) is 0 Å². The van der Waals surface area contributed by atoms with Gasteiger partial charge in [0.2, 0.25) is 0 Å². The van der Waals surface area contributed by atoms with Crippen LogP contribution in [0.4, 0.5) is 5.69 Å². The Labute approximate surface area is 170 Å². The molecule has 0 unspecified atom stereocenters. The molecule has 29 heavy (non-hydrogen) atoms. The first-order valence-electron chi connectivity index (χ1n) is 9.64. The number of hydrogen-bond acceptors (Lipinski definition) is 3. The number of aromatic amines is 1. The van der Waals surface area contributed by atoms with Crippen molar-refractivity contribution in [2.45, 2.75) is 33.1 Å². The van der Waals surface area contributed by atoms with Gasteiger partial charge in [-0.1, -0.05) is 45.0 Å². The molecule has 0 atom stereocenters. The van der Waals surface area contributed by atoms with E-state index in [1.54, 1.807) is 6.33 Å². The Hall–Kier alpha value is -3.47. The van der Waals surface area contributed by atoms with Gasteiger partial charge in [-0.25, -0.2) is 9.97 Å². The number of anilines is 1. The standard InChI is InChI=1S/C24H24N4O/c1-15-18(21-19-12-13-25-22(19)27-14-26-21)6-5-7-20(15)28-23(29)16-8-10-17(11-9-16)24(2,3)4/h5-14H,1-4H3,(H,28,29)(H,25,26,27). The van der Waals surface area contributed by atoms with Crippen LogP contribution >= 0.6 is 0 Å². The van der Waals surface area contributed by atoms with E-state index in [1.807, 2.05) is 61.7 Å². The summed E-state index contributed by atoms with van der Waals surface area (Å²) in [6.07, 6.45) is 3.40. The Kier molecular flexibility index (Phi) is 4.66. The van der Waals surface area contributed by atoms with Crippen molar-refractivity contribution in [3.63, 3.8) is 0 Å². The van der Waals surface area contributed by atoms with E-state index in [9.17, 15) is 4.79 Å². The molecule has 0 bridgehead atoms. The smallest absolute Gasteiger partial charge is 0.255 e. The molecule has 5 nitrogen and oxygen atoms in total. The minimum Gasteiger partial charge on any atom is -0.346 e. The molecule has 146 valence electrons. The third-order valence-corrected chi connectivity index (χ3v) is 5.20. The monoisotopic (exact) mass is 384 g/mol. The quantitative estimate of drug-likeness (QED) is 0.491. The highest BCUT2D eigenvalue weighted by molar-refractivity contribution is 6.05. The van der Waals surface area contributed by atoms with E-state index in [4.69, 9.17) is 0 Å². The minimum atomic E-state index is -0.125. The van der Waals surface area contributed by atoms with Crippen molar-refractivity contribution in [1.29, 1.82) is 0 Å². The van der Waals surface area contributed by atoms with Crippen LogP contribution in [0.25, 0.3) is 22.3 Å². The lowest BCUT2D eigenvalue weighted by Gasteiger charge is -2.19. The van der Waals surface area contributed by atoms with E-state index in [0.29, 0.717) is 5.56 Å². The van der Waals surface area contributed by atoms with Gasteiger partial charge in [0, 0.05) is 28.4 Å². The maximum atomic E-state index is 12.8. The highest BCUT2D eigenvalue weighted by Gasteiger charge is 2.16. The first-order valence-corrected chi connectivity index (χ1v) is 9.64. The topological polar surface area (TPSA) is 70.7 Å². The number of nitrogens with one attached hydrogen (secondary N) is 2. The molecule has 2 N–H and O–H groups in total. The summed E-state index contributed by atoms with van der Waals surface area (Å²) in [5.74, 6) is -0.125. The van der Waals surface area contributed by atoms with Crippen molar-refractivity contribution in [1.82, 2.24) is 15.0 Å². The molecule has 0 radical (unpaired) electrons. The number of carbonyl (C=O) groups excluding carboxylic acids is 1. The number of aromatic nitrogens is 3. The van der Waals surface area contributed by atoms with E-state index in [1.165, 1.54) is 5.56 Å². The summed E-state index contributed by atoms with van der Waals surface area (Å²) in [5.41, 5.74) is 6.24. The van der Waals surface area contributed by atoms with E-state index in [-0.39, 0.29) is 11.3 Å². The first-order chi connectivity index (χ1) is 13.8. The van der Waals surface area contributed by atoms with Crippen molar-refractivity contribution < 1.29 is 4.79 Å². The largest absolute Gasteiger partial charge is 0.346 e. The summed E-state index contributed by atoms with van der Waals surface area (Å²) in [5, 5.41) is 4.00. The fourth-order valence-corrected chi connectivity index (χ4v) is 3.43. The molecule has 0 saturated carbocycles. The SMILES string of the molecule is Cc1c(NC(=O)c2ccc(C(C)(C)C)cc2)cccc1-c1ncnc2[nH]ccc12. The number of amides is 1. The van der Waals surface area contributed by atoms with E-state index >= 15 is 0 Å². The van der Waals surface area contributed by atoms with E-state index < -0.39 is 0 Å². The van der Waals surface area contributed by atoms with Crippen molar-refractivity contribution in [2.24, 2.45) is 0 Å². The fraction of sp³-hybridized carbons (Fsp3) is 0.208. The zero-order valence-electron chi connectivity index (χ0n) is 17.1. The van der Waals surface area contributed by atoms with Crippen LogP contribution in [0.5, 0.6) is 0 Å². The van der Waals surface area contributed by atoms with Crippen LogP contribution in [0.15, 0.2) is 61.1 Å². The third kappa shape index (κ3) is 3.63. The van der Waals surface area contributed by atoms with Gasteiger partial charge in [0.15, 0.2) is 0 Å². The summed E-state index contributed by atoms with van der Waals surface area (Å²) in [6.45, 7) is 8.47. The molecule has 2 aromatic heterocycles. The highest BCUT2D eigenvalue weighted by Crippen LogP contribution is 2.31. The van der Waals surface area contributed by atoms with Crippen molar-refractivity contribution in [3.8, 4) is 11.3 Å². The molecule has 0 aliphatic heterocycles. The van der Waals surface area contributed by atoms with Gasteiger partial charge >= 0.3 is 0 Å². The zero-order chi connectivity index (χ0) is 20.6. The van der Waals surface area contributed by atoms with Crippen LogP contribution in [0.2, 0.25) is 0 Å². The van der Waals surface area contributed by atoms with Crippen molar-refractivity contribution in [3.05, 3.63) is 77.7 Å². The average Bonchev–Trinajstić information content (AvgIpc) is 3.18. The van der Waals surface area contributed by atoms with Crippen LogP contribution in [0.1, 0.15) is 42.3 Å². The molecular formula is C24H24N4O. The molecule has 2 heterocycles. The maximum absolute atomic E-state index is 12.8. The molecule has 0 spiro atoms. The van der Waals surface area contributed by atoms with Crippen LogP contribution in [0.3, 0.4) is 0 Å². The lowest BCUT2D eigenvalue weighted by atomic mass is 9.86. The average molecular weight is 384 g/mol. The molecule has 0 aliphatic carbocycles. The molecule has 2 aromatic carbocycles. The molecule has 0 aliphatic rings. The lowest BCUT2D eigenvalue weighted by molar-refractivity contribution is 0.102. The van der Waals surface area contributed by atoms with Gasteiger partial charge in [0.1, 0.15) is 12.0 Å². The predicted octanol–water partition coefficient (Wildman–Crippen LogP) is 5.48. The van der Waals surface area contributed by atoms with Gasteiger partial charge in [0.25, 0.3) is 5.91 Å². The van der Waals surface area contributed by atoms with Crippen LogP contribution in [0, 0.1) is 6.92 Å². The lowest BCUT2D eigenvalue weighted by Crippen LogP contribution is -2.15. The normalized spacial score (nSPS) is 11.6. The molecule has 0 fully saturated rings. The number of H-pyrrole nitrogens is 1. The molecule has 4 rings (SSSR count). The number of fused-ring (bicyclic) bond motifs is 1. The van der Waals surface area contributed by atoms with E-state index in [2.05, 4.69) is 41.0 Å². The number of carbonyl (C=O) groups is 1. The first kappa shape index (κ1) is 18.9. The molecular weight excluding hydrogens is 360 g/mol. The highest BCUT2D eigenvalue weighted by atomic mass is 16.1. The van der Waals surface area contributed by atoms with Gasteiger partial charge in [0.05, 0.1) is 5.69 Å². The summed E-state index contributed by atoms with van der Waals surface area (Å²) >= 11 is 0. The fourth-order valence-electron chi connectivity index (χ4n) is 3.43. The Bertz CT molecular complexity index is 1180. The number of nitrogens with zero attached hydrogens (tertiary/aromatic N) is 2. The Morgan fingerprint density at radius 3 is 2.48 bits per heavy atom. The Morgan fingerprint density at radius 1 is 1.00 bits per heavy atom.